The number of hydrogen-bond acceptors (Lipinski definition) is 5. The molecule has 2 aliphatic rings. The Labute approximate surface area is 141 Å². The molecule has 2 aromatic rings. The van der Waals surface area contributed by atoms with Crippen molar-refractivity contribution >= 4 is 11.6 Å². The summed E-state index contributed by atoms with van der Waals surface area (Å²) in [5.74, 6) is 1.52. The Hall–Kier alpha value is -2.02. The summed E-state index contributed by atoms with van der Waals surface area (Å²) >= 11 is 0. The molecule has 0 radical (unpaired) electrons. The Morgan fingerprint density at radius 2 is 1.96 bits per heavy atom. The van der Waals surface area contributed by atoms with Crippen molar-refractivity contribution in [1.82, 2.24) is 30.0 Å². The monoisotopic (exact) mass is 328 g/mol. The third-order valence-electron chi connectivity index (χ3n) is 5.26. The smallest absolute Gasteiger partial charge is 0.237 e. The standard InChI is InChI=1S/C17H24N6O/c1-12-5-6-15-19-20-16(23(15)21-12)13-7-10-22(11-8-13)14-4-2-3-9-18-17(14)24/h5-6,13-14H,2-4,7-11H2,1H3,(H,18,24). The van der Waals surface area contributed by atoms with E-state index in [1.54, 1.807) is 0 Å². The Balaban J connectivity index is 1.47. The van der Waals surface area contributed by atoms with Crippen molar-refractivity contribution < 1.29 is 4.79 Å². The van der Waals surface area contributed by atoms with Crippen LogP contribution in [0.2, 0.25) is 0 Å². The third-order valence-corrected chi connectivity index (χ3v) is 5.26. The SMILES string of the molecule is Cc1ccc2nnc(C3CCN(C4CCCCNC4=O)CC3)n2n1. The zero-order valence-corrected chi connectivity index (χ0v) is 14.1. The maximum absolute atomic E-state index is 12.2. The predicted molar refractivity (Wildman–Crippen MR) is 89.7 cm³/mol. The molecule has 128 valence electrons. The number of carbonyl (C=O) groups excluding carboxylic acids is 1. The molecular weight excluding hydrogens is 304 g/mol. The van der Waals surface area contributed by atoms with Gasteiger partial charge in [-0.2, -0.15) is 9.61 Å². The molecule has 0 saturated carbocycles. The summed E-state index contributed by atoms with van der Waals surface area (Å²) in [6, 6.07) is 3.97. The van der Waals surface area contributed by atoms with Crippen LogP contribution in [0.15, 0.2) is 12.1 Å². The van der Waals surface area contributed by atoms with E-state index in [-0.39, 0.29) is 11.9 Å². The number of nitrogens with one attached hydrogen (secondary N) is 1. The normalized spacial score (nSPS) is 24.0. The van der Waals surface area contributed by atoms with Crippen LogP contribution in [0.5, 0.6) is 0 Å². The summed E-state index contributed by atoms with van der Waals surface area (Å²) in [5, 5.41) is 16.2. The number of amides is 1. The number of likely N-dealkylation sites (tertiary alicyclic amines) is 1. The summed E-state index contributed by atoms with van der Waals surface area (Å²) < 4.78 is 1.88. The van der Waals surface area contributed by atoms with Gasteiger partial charge in [0.1, 0.15) is 0 Å². The summed E-state index contributed by atoms with van der Waals surface area (Å²) in [6.07, 6.45) is 5.20. The van der Waals surface area contributed by atoms with Gasteiger partial charge in [0.25, 0.3) is 0 Å². The van der Waals surface area contributed by atoms with Gasteiger partial charge in [-0.15, -0.1) is 10.2 Å². The number of piperidine rings is 1. The Morgan fingerprint density at radius 3 is 2.79 bits per heavy atom. The Bertz CT molecular complexity index is 734. The lowest BCUT2D eigenvalue weighted by Crippen LogP contribution is -2.48. The van der Waals surface area contributed by atoms with E-state index in [9.17, 15) is 4.79 Å². The van der Waals surface area contributed by atoms with Gasteiger partial charge in [-0.25, -0.2) is 0 Å². The molecule has 2 aromatic heterocycles. The minimum absolute atomic E-state index is 0.0453. The molecule has 0 aliphatic carbocycles. The topological polar surface area (TPSA) is 75.4 Å². The molecule has 7 nitrogen and oxygen atoms in total. The van der Waals surface area contributed by atoms with E-state index in [0.717, 1.165) is 68.9 Å². The zero-order chi connectivity index (χ0) is 16.5. The van der Waals surface area contributed by atoms with Crippen molar-refractivity contribution in [3.05, 3.63) is 23.7 Å². The minimum Gasteiger partial charge on any atom is -0.355 e. The van der Waals surface area contributed by atoms with Crippen LogP contribution in [0.25, 0.3) is 5.65 Å². The first kappa shape index (κ1) is 15.5. The number of nitrogens with zero attached hydrogens (tertiary/aromatic N) is 5. The molecule has 2 saturated heterocycles. The van der Waals surface area contributed by atoms with Gasteiger partial charge >= 0.3 is 0 Å². The Kier molecular flexibility index (Phi) is 4.18. The second kappa shape index (κ2) is 6.47. The van der Waals surface area contributed by atoms with E-state index >= 15 is 0 Å². The number of rotatable bonds is 2. The van der Waals surface area contributed by atoms with Crippen molar-refractivity contribution in [2.24, 2.45) is 0 Å². The van der Waals surface area contributed by atoms with Crippen LogP contribution in [0.3, 0.4) is 0 Å². The number of carbonyl (C=O) groups is 1. The van der Waals surface area contributed by atoms with E-state index < -0.39 is 0 Å². The molecule has 1 unspecified atom stereocenters. The van der Waals surface area contributed by atoms with Gasteiger partial charge in [-0.3, -0.25) is 9.69 Å². The molecule has 0 spiro atoms. The predicted octanol–water partition coefficient (Wildman–Crippen LogP) is 1.28. The van der Waals surface area contributed by atoms with Crippen LogP contribution in [0, 0.1) is 6.92 Å². The van der Waals surface area contributed by atoms with Gasteiger partial charge in [0.05, 0.1) is 11.7 Å². The highest BCUT2D eigenvalue weighted by atomic mass is 16.2. The van der Waals surface area contributed by atoms with Crippen LogP contribution >= 0.6 is 0 Å². The molecule has 0 aromatic carbocycles. The van der Waals surface area contributed by atoms with E-state index in [1.807, 2.05) is 23.6 Å². The highest BCUT2D eigenvalue weighted by molar-refractivity contribution is 5.81. The van der Waals surface area contributed by atoms with Gasteiger partial charge < -0.3 is 5.32 Å². The lowest BCUT2D eigenvalue weighted by molar-refractivity contribution is -0.126. The van der Waals surface area contributed by atoms with Crippen molar-refractivity contribution in [3.8, 4) is 0 Å². The van der Waals surface area contributed by atoms with E-state index in [4.69, 9.17) is 0 Å². The molecule has 4 heterocycles. The fourth-order valence-electron chi connectivity index (χ4n) is 3.89. The van der Waals surface area contributed by atoms with Crippen LogP contribution in [-0.2, 0) is 4.79 Å². The molecule has 0 bridgehead atoms. The van der Waals surface area contributed by atoms with Gasteiger partial charge in [0.15, 0.2) is 11.5 Å². The summed E-state index contributed by atoms with van der Waals surface area (Å²) in [4.78, 5) is 14.6. The summed E-state index contributed by atoms with van der Waals surface area (Å²) in [7, 11) is 0. The molecular formula is C17H24N6O. The molecule has 1 amide bonds. The van der Waals surface area contributed by atoms with Crippen molar-refractivity contribution in [3.63, 3.8) is 0 Å². The second-order valence-corrected chi connectivity index (χ2v) is 6.92. The van der Waals surface area contributed by atoms with E-state index in [2.05, 4.69) is 25.5 Å². The minimum atomic E-state index is 0.0453. The molecule has 2 fully saturated rings. The van der Waals surface area contributed by atoms with Gasteiger partial charge in [0.2, 0.25) is 5.91 Å². The quantitative estimate of drug-likeness (QED) is 0.899. The molecule has 24 heavy (non-hydrogen) atoms. The maximum atomic E-state index is 12.2. The van der Waals surface area contributed by atoms with E-state index in [0.29, 0.717) is 5.92 Å². The maximum Gasteiger partial charge on any atom is 0.237 e. The number of aryl methyl sites for hydroxylation is 1. The van der Waals surface area contributed by atoms with Crippen LogP contribution in [0.1, 0.15) is 49.5 Å². The van der Waals surface area contributed by atoms with Gasteiger partial charge in [-0.05, 0) is 64.3 Å². The lowest BCUT2D eigenvalue weighted by Gasteiger charge is -2.35. The summed E-state index contributed by atoms with van der Waals surface area (Å²) in [6.45, 7) is 4.67. The third kappa shape index (κ3) is 2.88. The highest BCUT2D eigenvalue weighted by Crippen LogP contribution is 2.29. The molecule has 1 N–H and O–H groups in total. The van der Waals surface area contributed by atoms with Crippen molar-refractivity contribution in [1.29, 1.82) is 0 Å². The molecule has 7 heteroatoms. The average molecular weight is 328 g/mol. The lowest BCUT2D eigenvalue weighted by atomic mass is 9.94. The van der Waals surface area contributed by atoms with Gasteiger partial charge in [-0.1, -0.05) is 0 Å². The average Bonchev–Trinajstić information content (AvgIpc) is 2.89. The first-order valence-corrected chi connectivity index (χ1v) is 8.93. The second-order valence-electron chi connectivity index (χ2n) is 6.92. The van der Waals surface area contributed by atoms with Crippen molar-refractivity contribution in [2.45, 2.75) is 51.0 Å². The van der Waals surface area contributed by atoms with Crippen LogP contribution in [-0.4, -0.2) is 56.3 Å². The first-order valence-electron chi connectivity index (χ1n) is 8.93. The van der Waals surface area contributed by atoms with Crippen LogP contribution < -0.4 is 5.32 Å². The number of fused-ring (bicyclic) bond motifs is 1. The molecule has 1 atom stereocenters. The largest absolute Gasteiger partial charge is 0.355 e. The summed E-state index contributed by atoms with van der Waals surface area (Å²) in [5.41, 5.74) is 1.78. The Morgan fingerprint density at radius 1 is 1.12 bits per heavy atom. The zero-order valence-electron chi connectivity index (χ0n) is 14.1. The van der Waals surface area contributed by atoms with Crippen molar-refractivity contribution in [2.75, 3.05) is 19.6 Å². The van der Waals surface area contributed by atoms with Gasteiger partial charge in [0, 0.05) is 12.5 Å². The first-order chi connectivity index (χ1) is 11.7. The van der Waals surface area contributed by atoms with Crippen LogP contribution in [0.4, 0.5) is 0 Å². The molecule has 4 rings (SSSR count). The fraction of sp³-hybridized carbons (Fsp3) is 0.647. The number of hydrogen-bond donors (Lipinski definition) is 1. The fourth-order valence-corrected chi connectivity index (χ4v) is 3.89. The highest BCUT2D eigenvalue weighted by Gasteiger charge is 2.32. The molecule has 2 aliphatic heterocycles. The number of aromatic nitrogens is 4. The van der Waals surface area contributed by atoms with E-state index in [1.165, 1.54) is 0 Å².